The summed E-state index contributed by atoms with van der Waals surface area (Å²) in [6, 6.07) is 0. The van der Waals surface area contributed by atoms with E-state index in [0.29, 0.717) is 11.8 Å². The zero-order chi connectivity index (χ0) is 9.42. The van der Waals surface area contributed by atoms with E-state index in [1.165, 1.54) is 0 Å². The van der Waals surface area contributed by atoms with Gasteiger partial charge in [0, 0.05) is 0 Å². The molecule has 2 bridgehead atoms. The zero-order valence-corrected chi connectivity index (χ0v) is 7.27. The molecule has 0 radical (unpaired) electrons. The molecule has 0 spiro atoms. The van der Waals surface area contributed by atoms with E-state index in [9.17, 15) is 4.79 Å². The van der Waals surface area contributed by atoms with E-state index in [2.05, 4.69) is 23.5 Å². The predicted molar refractivity (Wildman–Crippen MR) is 46.7 cm³/mol. The largest absolute Gasteiger partial charge is 0.481 e. The monoisotopic (exact) mass is 180 g/mol. The second-order valence-corrected chi connectivity index (χ2v) is 3.70. The maximum atomic E-state index is 11.4. The van der Waals surface area contributed by atoms with Crippen LogP contribution in [0.15, 0.2) is 24.7 Å². The number of hydrogen-bond acceptors (Lipinski definition) is 3. The van der Waals surface area contributed by atoms with Crippen LogP contribution >= 0.6 is 0 Å². The van der Waals surface area contributed by atoms with Crippen LogP contribution in [0.5, 0.6) is 0 Å². The zero-order valence-electron chi connectivity index (χ0n) is 7.27. The third kappa shape index (κ3) is 1.46. The summed E-state index contributed by atoms with van der Waals surface area (Å²) < 4.78 is 4.58. The second kappa shape index (κ2) is 2.91. The molecule has 2 aliphatic carbocycles. The molecule has 1 saturated carbocycles. The van der Waals surface area contributed by atoms with Crippen molar-refractivity contribution in [3.63, 3.8) is 0 Å². The van der Waals surface area contributed by atoms with Crippen LogP contribution in [0.2, 0.25) is 0 Å². The van der Waals surface area contributed by atoms with E-state index in [4.69, 9.17) is 5.11 Å². The van der Waals surface area contributed by atoms with Crippen molar-refractivity contribution >= 4 is 5.97 Å². The number of carbonyl (C=O) groups is 1. The number of allylic oxidation sites excluding steroid dienone is 2. The SMILES string of the molecule is C=C(O)OC(=O)C1CC2C=CC1C2. The summed E-state index contributed by atoms with van der Waals surface area (Å²) in [7, 11) is 0. The first kappa shape index (κ1) is 8.35. The van der Waals surface area contributed by atoms with Crippen LogP contribution in [0.25, 0.3) is 0 Å². The number of esters is 1. The smallest absolute Gasteiger partial charge is 0.317 e. The molecular weight excluding hydrogens is 168 g/mol. The Morgan fingerprint density at radius 3 is 2.69 bits per heavy atom. The molecule has 0 heterocycles. The van der Waals surface area contributed by atoms with E-state index < -0.39 is 5.95 Å². The van der Waals surface area contributed by atoms with Gasteiger partial charge in [0.1, 0.15) is 0 Å². The van der Waals surface area contributed by atoms with Crippen molar-refractivity contribution in [3.05, 3.63) is 24.7 Å². The molecule has 3 nitrogen and oxygen atoms in total. The minimum atomic E-state index is -0.503. The average Bonchev–Trinajstić information content (AvgIpc) is 2.62. The lowest BCUT2D eigenvalue weighted by atomic mass is 9.94. The Morgan fingerprint density at radius 2 is 2.23 bits per heavy atom. The number of fused-ring (bicyclic) bond motifs is 2. The van der Waals surface area contributed by atoms with E-state index in [1.807, 2.05) is 0 Å². The number of hydrogen-bond donors (Lipinski definition) is 1. The predicted octanol–water partition coefficient (Wildman–Crippen LogP) is 1.77. The van der Waals surface area contributed by atoms with Crippen LogP contribution in [-0.4, -0.2) is 11.1 Å². The minimum Gasteiger partial charge on any atom is -0.481 e. The Morgan fingerprint density at radius 1 is 1.46 bits per heavy atom. The highest BCUT2D eigenvalue weighted by atomic mass is 16.6. The molecular formula is C10H12O3. The molecule has 0 saturated heterocycles. The fraction of sp³-hybridized carbons (Fsp3) is 0.500. The van der Waals surface area contributed by atoms with Gasteiger partial charge in [-0.3, -0.25) is 4.79 Å². The fourth-order valence-electron chi connectivity index (χ4n) is 2.24. The molecule has 3 heteroatoms. The highest BCUT2D eigenvalue weighted by molar-refractivity contribution is 5.74. The molecule has 0 aromatic carbocycles. The highest BCUT2D eigenvalue weighted by Crippen LogP contribution is 2.43. The molecule has 3 atom stereocenters. The van der Waals surface area contributed by atoms with E-state index in [1.54, 1.807) is 0 Å². The summed E-state index contributed by atoms with van der Waals surface area (Å²) in [5, 5.41) is 8.70. The van der Waals surface area contributed by atoms with Gasteiger partial charge in [0.15, 0.2) is 0 Å². The van der Waals surface area contributed by atoms with Crippen molar-refractivity contribution in [3.8, 4) is 0 Å². The molecule has 3 unspecified atom stereocenters. The van der Waals surface area contributed by atoms with Crippen molar-refractivity contribution in [1.29, 1.82) is 0 Å². The average molecular weight is 180 g/mol. The van der Waals surface area contributed by atoms with Gasteiger partial charge in [-0.2, -0.15) is 0 Å². The Bertz CT molecular complexity index is 280. The highest BCUT2D eigenvalue weighted by Gasteiger charge is 2.40. The van der Waals surface area contributed by atoms with Gasteiger partial charge >= 0.3 is 5.97 Å². The maximum absolute atomic E-state index is 11.4. The fourth-order valence-corrected chi connectivity index (χ4v) is 2.24. The third-order valence-corrected chi connectivity index (χ3v) is 2.80. The molecule has 1 N–H and O–H groups in total. The van der Waals surface area contributed by atoms with Crippen molar-refractivity contribution in [2.75, 3.05) is 0 Å². The summed E-state index contributed by atoms with van der Waals surface area (Å²) in [5.41, 5.74) is 0. The molecule has 0 aromatic rings. The first-order chi connectivity index (χ1) is 6.16. The van der Waals surface area contributed by atoms with E-state index in [-0.39, 0.29) is 11.9 Å². The Kier molecular flexibility index (Phi) is 1.87. The molecule has 0 amide bonds. The van der Waals surface area contributed by atoms with Crippen LogP contribution in [0, 0.1) is 17.8 Å². The van der Waals surface area contributed by atoms with Gasteiger partial charge in [-0.25, -0.2) is 0 Å². The van der Waals surface area contributed by atoms with Gasteiger partial charge in [0.05, 0.1) is 5.92 Å². The molecule has 13 heavy (non-hydrogen) atoms. The van der Waals surface area contributed by atoms with Gasteiger partial charge in [-0.15, -0.1) is 0 Å². The summed E-state index contributed by atoms with van der Waals surface area (Å²) in [6.45, 7) is 3.12. The second-order valence-electron chi connectivity index (χ2n) is 3.70. The number of carbonyl (C=O) groups excluding carboxylic acids is 1. The number of aliphatic hydroxyl groups excluding tert-OH is 1. The third-order valence-electron chi connectivity index (χ3n) is 2.80. The number of ether oxygens (including phenoxy) is 1. The first-order valence-electron chi connectivity index (χ1n) is 4.44. The Labute approximate surface area is 76.7 Å². The molecule has 2 aliphatic rings. The lowest BCUT2D eigenvalue weighted by molar-refractivity contribution is -0.148. The first-order valence-corrected chi connectivity index (χ1v) is 4.44. The summed E-state index contributed by atoms with van der Waals surface area (Å²) in [4.78, 5) is 11.4. The van der Waals surface area contributed by atoms with Gasteiger partial charge in [-0.05, 0) is 31.3 Å². The summed E-state index contributed by atoms with van der Waals surface area (Å²) in [6.07, 6.45) is 6.13. The molecule has 1 fully saturated rings. The van der Waals surface area contributed by atoms with Crippen LogP contribution in [0.1, 0.15) is 12.8 Å². The normalized spacial score (nSPS) is 34.9. The van der Waals surface area contributed by atoms with Crippen molar-refractivity contribution < 1.29 is 14.6 Å². The number of aliphatic hydroxyl groups is 1. The van der Waals surface area contributed by atoms with Crippen LogP contribution in [0.3, 0.4) is 0 Å². The minimum absolute atomic E-state index is 0.0705. The van der Waals surface area contributed by atoms with Crippen LogP contribution in [0.4, 0.5) is 0 Å². The topological polar surface area (TPSA) is 46.5 Å². The standard InChI is InChI=1S/C10H12O3/c1-6(11)13-10(12)9-5-7-2-3-8(9)4-7/h2-3,7-9,11H,1,4-5H2. The molecule has 0 aliphatic heterocycles. The molecule has 70 valence electrons. The van der Waals surface area contributed by atoms with Gasteiger partial charge < -0.3 is 9.84 Å². The van der Waals surface area contributed by atoms with Crippen molar-refractivity contribution in [2.24, 2.45) is 17.8 Å². The van der Waals surface area contributed by atoms with Gasteiger partial charge in [0.25, 0.3) is 5.95 Å². The summed E-state index contributed by atoms with van der Waals surface area (Å²) >= 11 is 0. The van der Waals surface area contributed by atoms with Crippen molar-refractivity contribution in [2.45, 2.75) is 12.8 Å². The van der Waals surface area contributed by atoms with Gasteiger partial charge in [0.2, 0.25) is 0 Å². The maximum Gasteiger partial charge on any atom is 0.317 e. The van der Waals surface area contributed by atoms with E-state index >= 15 is 0 Å². The quantitative estimate of drug-likeness (QED) is 0.400. The molecule has 0 aromatic heterocycles. The van der Waals surface area contributed by atoms with E-state index in [0.717, 1.165) is 12.8 Å². The molecule has 2 rings (SSSR count). The lowest BCUT2D eigenvalue weighted by Crippen LogP contribution is -2.21. The summed E-state index contributed by atoms with van der Waals surface area (Å²) in [5.74, 6) is -0.0636. The van der Waals surface area contributed by atoms with Gasteiger partial charge in [-0.1, -0.05) is 12.2 Å². The van der Waals surface area contributed by atoms with Crippen molar-refractivity contribution in [1.82, 2.24) is 0 Å². The number of rotatable bonds is 2. The van der Waals surface area contributed by atoms with Crippen LogP contribution in [-0.2, 0) is 9.53 Å². The lowest BCUT2D eigenvalue weighted by Gasteiger charge is -2.15. The van der Waals surface area contributed by atoms with Crippen LogP contribution < -0.4 is 0 Å². The Balaban J connectivity index is 1.99. The Hall–Kier alpha value is -1.25.